The summed E-state index contributed by atoms with van der Waals surface area (Å²) in [5, 5.41) is 0. The molecule has 0 unspecified atom stereocenters. The van der Waals surface area contributed by atoms with Crippen molar-refractivity contribution in [3.8, 4) is 0 Å². The molecular weight excluding hydrogens is 255 g/mol. The number of hydrogen-bond donors (Lipinski definition) is 2. The molecule has 0 radical (unpaired) electrons. The van der Waals surface area contributed by atoms with Crippen molar-refractivity contribution in [3.63, 3.8) is 0 Å². The Morgan fingerprint density at radius 3 is 2.65 bits per heavy atom. The minimum absolute atomic E-state index is 0.330. The van der Waals surface area contributed by atoms with Crippen molar-refractivity contribution >= 4 is 17.2 Å². The molecule has 0 atom stereocenters. The Bertz CT molecular complexity index is 692. The number of hydrazine groups is 1. The molecule has 1 aliphatic heterocycles. The molecule has 5 heteroatoms. The molecule has 4 nitrogen and oxygen atoms in total. The normalized spacial score (nSPS) is 13.9. The van der Waals surface area contributed by atoms with E-state index in [2.05, 4.69) is 15.4 Å². The van der Waals surface area contributed by atoms with Crippen LogP contribution in [0.4, 0.5) is 10.1 Å². The number of nitrogens with two attached hydrogens (primary N) is 1. The van der Waals surface area contributed by atoms with Gasteiger partial charge in [0.2, 0.25) is 0 Å². The van der Waals surface area contributed by atoms with E-state index < -0.39 is 0 Å². The number of hydrogen-bond acceptors (Lipinski definition) is 4. The molecule has 0 aliphatic carbocycles. The molecule has 0 spiro atoms. The van der Waals surface area contributed by atoms with Gasteiger partial charge in [-0.2, -0.15) is 0 Å². The second kappa shape index (κ2) is 5.22. The predicted molar refractivity (Wildman–Crippen MR) is 77.8 cm³/mol. The highest BCUT2D eigenvalue weighted by molar-refractivity contribution is 6.17. The lowest BCUT2D eigenvalue weighted by Gasteiger charge is -2.08. The van der Waals surface area contributed by atoms with Gasteiger partial charge in [-0.1, -0.05) is 30.3 Å². The maximum Gasteiger partial charge on any atom is 0.138 e. The van der Waals surface area contributed by atoms with E-state index in [4.69, 9.17) is 5.84 Å². The summed E-state index contributed by atoms with van der Waals surface area (Å²) in [5.74, 6) is 5.58. The van der Waals surface area contributed by atoms with Gasteiger partial charge in [0.05, 0.1) is 17.9 Å². The zero-order valence-corrected chi connectivity index (χ0v) is 10.7. The molecular formula is C15H13FN4. The number of amidine groups is 1. The van der Waals surface area contributed by atoms with Crippen molar-refractivity contribution < 1.29 is 4.39 Å². The van der Waals surface area contributed by atoms with E-state index in [-0.39, 0.29) is 5.82 Å². The van der Waals surface area contributed by atoms with Gasteiger partial charge >= 0.3 is 0 Å². The van der Waals surface area contributed by atoms with Crippen molar-refractivity contribution in [2.24, 2.45) is 15.8 Å². The molecule has 1 heterocycles. The van der Waals surface area contributed by atoms with Gasteiger partial charge in [0.25, 0.3) is 0 Å². The van der Waals surface area contributed by atoms with Crippen molar-refractivity contribution in [1.29, 1.82) is 0 Å². The van der Waals surface area contributed by atoms with Crippen LogP contribution in [0.25, 0.3) is 0 Å². The molecule has 2 aromatic carbocycles. The topological polar surface area (TPSA) is 62.8 Å². The summed E-state index contributed by atoms with van der Waals surface area (Å²) in [6.07, 6.45) is 0. The lowest BCUT2D eigenvalue weighted by atomic mass is 10.0. The van der Waals surface area contributed by atoms with Crippen LogP contribution in [-0.2, 0) is 0 Å². The fourth-order valence-corrected chi connectivity index (χ4v) is 2.14. The standard InChI is InChI=1S/C15H13FN4/c16-11-6-7-12-13(8-11)19-14(20-17)9-18-15(12)10-4-2-1-3-5-10/h1-8H,9,17H2,(H,19,20). The lowest BCUT2D eigenvalue weighted by Crippen LogP contribution is -2.32. The fraction of sp³-hybridized carbons (Fsp3) is 0.0667. The third-order valence-electron chi connectivity index (χ3n) is 3.07. The second-order valence-corrected chi connectivity index (χ2v) is 4.40. The van der Waals surface area contributed by atoms with Crippen LogP contribution in [0.1, 0.15) is 11.1 Å². The quantitative estimate of drug-likeness (QED) is 0.615. The van der Waals surface area contributed by atoms with Gasteiger partial charge in [0, 0.05) is 17.2 Å². The monoisotopic (exact) mass is 268 g/mol. The molecule has 100 valence electrons. The number of nitrogens with one attached hydrogen (secondary N) is 1. The average molecular weight is 268 g/mol. The van der Waals surface area contributed by atoms with Crippen LogP contribution in [0, 0.1) is 5.82 Å². The first kappa shape index (κ1) is 12.5. The molecule has 0 saturated carbocycles. The summed E-state index contributed by atoms with van der Waals surface area (Å²) in [4.78, 5) is 8.86. The molecule has 20 heavy (non-hydrogen) atoms. The number of halogens is 1. The smallest absolute Gasteiger partial charge is 0.138 e. The van der Waals surface area contributed by atoms with Gasteiger partial charge in [0.1, 0.15) is 11.7 Å². The van der Waals surface area contributed by atoms with Gasteiger partial charge in [-0.15, -0.1) is 0 Å². The third kappa shape index (κ3) is 2.31. The molecule has 3 N–H and O–H groups in total. The summed E-state index contributed by atoms with van der Waals surface area (Å²) in [7, 11) is 0. The SMILES string of the molecule is NNC1=Nc2cc(F)ccc2C(c2ccccc2)=NC1. The zero-order valence-electron chi connectivity index (χ0n) is 10.7. The number of rotatable bonds is 1. The van der Waals surface area contributed by atoms with E-state index in [9.17, 15) is 4.39 Å². The fourth-order valence-electron chi connectivity index (χ4n) is 2.14. The Balaban J connectivity index is 2.18. The molecule has 3 rings (SSSR count). The molecule has 0 amide bonds. The highest BCUT2D eigenvalue weighted by atomic mass is 19.1. The van der Waals surface area contributed by atoms with E-state index in [1.807, 2.05) is 30.3 Å². The molecule has 0 aromatic heterocycles. The summed E-state index contributed by atoms with van der Waals surface area (Å²) < 4.78 is 13.4. The maximum atomic E-state index is 13.4. The van der Waals surface area contributed by atoms with Crippen LogP contribution >= 0.6 is 0 Å². The van der Waals surface area contributed by atoms with E-state index in [0.717, 1.165) is 16.8 Å². The Hall–Kier alpha value is -2.53. The number of aliphatic imine (C=N–C) groups is 2. The third-order valence-corrected chi connectivity index (χ3v) is 3.07. The first-order valence-electron chi connectivity index (χ1n) is 6.22. The Morgan fingerprint density at radius 2 is 1.90 bits per heavy atom. The van der Waals surface area contributed by atoms with E-state index in [1.165, 1.54) is 12.1 Å². The molecule has 0 fully saturated rings. The summed E-state index contributed by atoms with van der Waals surface area (Å²) >= 11 is 0. The lowest BCUT2D eigenvalue weighted by molar-refractivity contribution is 0.628. The summed E-state index contributed by atoms with van der Waals surface area (Å²) in [6.45, 7) is 0.330. The minimum Gasteiger partial charge on any atom is -0.310 e. The Kier molecular flexibility index (Phi) is 3.26. The van der Waals surface area contributed by atoms with Crippen molar-refractivity contribution in [2.75, 3.05) is 6.54 Å². The maximum absolute atomic E-state index is 13.4. The van der Waals surface area contributed by atoms with Crippen LogP contribution < -0.4 is 11.3 Å². The molecule has 0 bridgehead atoms. The molecule has 0 saturated heterocycles. The van der Waals surface area contributed by atoms with Gasteiger partial charge in [0.15, 0.2) is 0 Å². The first-order valence-corrected chi connectivity index (χ1v) is 6.22. The number of benzene rings is 2. The van der Waals surface area contributed by atoms with E-state index >= 15 is 0 Å². The minimum atomic E-state index is -0.335. The van der Waals surface area contributed by atoms with E-state index in [1.54, 1.807) is 6.07 Å². The van der Waals surface area contributed by atoms with Gasteiger partial charge in [-0.25, -0.2) is 15.2 Å². The molecule has 1 aliphatic rings. The van der Waals surface area contributed by atoms with Gasteiger partial charge in [-0.05, 0) is 12.1 Å². The van der Waals surface area contributed by atoms with Crippen LogP contribution in [0.3, 0.4) is 0 Å². The highest BCUT2D eigenvalue weighted by Gasteiger charge is 2.16. The largest absolute Gasteiger partial charge is 0.310 e. The Morgan fingerprint density at radius 1 is 1.10 bits per heavy atom. The zero-order chi connectivity index (χ0) is 13.9. The van der Waals surface area contributed by atoms with Crippen molar-refractivity contribution in [1.82, 2.24) is 5.43 Å². The van der Waals surface area contributed by atoms with E-state index in [0.29, 0.717) is 18.1 Å². The van der Waals surface area contributed by atoms with Crippen LogP contribution in [-0.4, -0.2) is 18.1 Å². The molecule has 2 aromatic rings. The van der Waals surface area contributed by atoms with Gasteiger partial charge in [-0.3, -0.25) is 4.99 Å². The number of nitrogens with zero attached hydrogens (tertiary/aromatic N) is 2. The summed E-state index contributed by atoms with van der Waals surface area (Å²) in [5.41, 5.74) is 5.57. The Labute approximate surface area is 115 Å². The van der Waals surface area contributed by atoms with Crippen molar-refractivity contribution in [2.45, 2.75) is 0 Å². The number of fused-ring (bicyclic) bond motifs is 1. The predicted octanol–water partition coefficient (Wildman–Crippen LogP) is 2.17. The van der Waals surface area contributed by atoms with Crippen LogP contribution in [0.2, 0.25) is 0 Å². The van der Waals surface area contributed by atoms with Crippen LogP contribution in [0.5, 0.6) is 0 Å². The van der Waals surface area contributed by atoms with Crippen LogP contribution in [0.15, 0.2) is 58.5 Å². The van der Waals surface area contributed by atoms with Gasteiger partial charge < -0.3 is 5.43 Å². The second-order valence-electron chi connectivity index (χ2n) is 4.40. The summed E-state index contributed by atoms with van der Waals surface area (Å²) in [6, 6.07) is 14.2. The average Bonchev–Trinajstić information content (AvgIpc) is 2.66. The first-order chi connectivity index (χ1) is 9.78. The van der Waals surface area contributed by atoms with Crippen molar-refractivity contribution in [3.05, 3.63) is 65.5 Å². The highest BCUT2D eigenvalue weighted by Crippen LogP contribution is 2.26.